The normalized spacial score (nSPS) is 12.1. The molecule has 0 saturated carbocycles. The molecular formula is C22H24N2O2. The largest absolute Gasteiger partial charge is 0.294 e. The second-order valence-corrected chi connectivity index (χ2v) is 6.17. The molecule has 0 heterocycles. The summed E-state index contributed by atoms with van der Waals surface area (Å²) in [5.74, 6) is 0.139. The van der Waals surface area contributed by atoms with Gasteiger partial charge >= 0.3 is 0 Å². The van der Waals surface area contributed by atoms with Crippen molar-refractivity contribution in [2.75, 3.05) is 13.1 Å². The van der Waals surface area contributed by atoms with Crippen LogP contribution in [-0.4, -0.2) is 36.1 Å². The molecule has 0 aromatic heterocycles. The minimum absolute atomic E-state index is 0.0694. The third kappa shape index (κ3) is 6.55. The molecule has 134 valence electrons. The van der Waals surface area contributed by atoms with E-state index in [0.717, 1.165) is 11.4 Å². The first kappa shape index (κ1) is 19.4. The lowest BCUT2D eigenvalue weighted by Gasteiger charge is -2.02. The number of carbonyl (C=O) groups is 2. The molecule has 0 bridgehead atoms. The summed E-state index contributed by atoms with van der Waals surface area (Å²) in [6.45, 7) is 4.75. The topological polar surface area (TPSA) is 58.9 Å². The highest BCUT2D eigenvalue weighted by molar-refractivity contribution is 6.09. The van der Waals surface area contributed by atoms with Gasteiger partial charge in [0.2, 0.25) is 0 Å². The van der Waals surface area contributed by atoms with Crippen molar-refractivity contribution in [2.45, 2.75) is 26.7 Å². The Kier molecular flexibility index (Phi) is 7.62. The summed E-state index contributed by atoms with van der Waals surface area (Å²) < 4.78 is 0. The van der Waals surface area contributed by atoms with E-state index in [4.69, 9.17) is 0 Å². The van der Waals surface area contributed by atoms with Crippen LogP contribution in [-0.2, 0) is 0 Å². The zero-order valence-corrected chi connectivity index (χ0v) is 15.3. The molecule has 2 aromatic carbocycles. The quantitative estimate of drug-likeness (QED) is 0.382. The molecule has 4 heteroatoms. The maximum Gasteiger partial charge on any atom is 0.168 e. The van der Waals surface area contributed by atoms with E-state index in [0.29, 0.717) is 37.1 Å². The molecule has 0 N–H and O–H groups in total. The van der Waals surface area contributed by atoms with E-state index in [1.807, 2.05) is 74.5 Å². The maximum atomic E-state index is 12.1. The van der Waals surface area contributed by atoms with E-state index < -0.39 is 0 Å². The fraction of sp³-hybridized carbons (Fsp3) is 0.273. The fourth-order valence-electron chi connectivity index (χ4n) is 2.51. The number of nitrogens with zero attached hydrogens (tertiary/aromatic N) is 2. The lowest BCUT2D eigenvalue weighted by Crippen LogP contribution is -2.08. The molecule has 0 amide bonds. The van der Waals surface area contributed by atoms with Crippen molar-refractivity contribution in [3.8, 4) is 0 Å². The van der Waals surface area contributed by atoms with Crippen molar-refractivity contribution in [3.05, 3.63) is 71.8 Å². The zero-order chi connectivity index (χ0) is 18.8. The Balaban J connectivity index is 1.77. The van der Waals surface area contributed by atoms with E-state index >= 15 is 0 Å². The molecule has 4 nitrogen and oxygen atoms in total. The third-order valence-electron chi connectivity index (χ3n) is 3.89. The smallest absolute Gasteiger partial charge is 0.168 e. The minimum atomic E-state index is 0.0694. The van der Waals surface area contributed by atoms with Crippen LogP contribution in [0.15, 0.2) is 70.6 Å². The van der Waals surface area contributed by atoms with E-state index in [9.17, 15) is 9.59 Å². The third-order valence-corrected chi connectivity index (χ3v) is 3.89. The van der Waals surface area contributed by atoms with Gasteiger partial charge in [-0.15, -0.1) is 0 Å². The van der Waals surface area contributed by atoms with Crippen LogP contribution in [0.5, 0.6) is 0 Å². The van der Waals surface area contributed by atoms with Crippen molar-refractivity contribution >= 4 is 23.0 Å². The SMILES string of the molecule is CC(CC(=O)c1ccccc1)=NCCN=C(C)CC(=O)c1ccccc1. The first-order valence-electron chi connectivity index (χ1n) is 8.72. The standard InChI is InChI=1S/C22H24N2O2/c1-17(15-21(25)19-9-5-3-6-10-19)23-13-14-24-18(2)16-22(26)20-11-7-4-8-12-20/h3-12H,13-16H2,1-2H3. The predicted octanol–water partition coefficient (Wildman–Crippen LogP) is 4.45. The molecule has 0 unspecified atom stereocenters. The highest BCUT2D eigenvalue weighted by Gasteiger charge is 2.07. The number of ketones is 2. The summed E-state index contributed by atoms with van der Waals surface area (Å²) >= 11 is 0. The van der Waals surface area contributed by atoms with Gasteiger partial charge in [0.25, 0.3) is 0 Å². The highest BCUT2D eigenvalue weighted by atomic mass is 16.1. The van der Waals surface area contributed by atoms with Gasteiger partial charge in [0.05, 0.1) is 13.1 Å². The predicted molar refractivity (Wildman–Crippen MR) is 107 cm³/mol. The van der Waals surface area contributed by atoms with Crippen molar-refractivity contribution in [1.29, 1.82) is 0 Å². The van der Waals surface area contributed by atoms with E-state index in [1.165, 1.54) is 0 Å². The Morgan fingerprint density at radius 1 is 0.654 bits per heavy atom. The average molecular weight is 348 g/mol. The molecule has 2 rings (SSSR count). The minimum Gasteiger partial charge on any atom is -0.294 e. The molecule has 0 aliphatic rings. The van der Waals surface area contributed by atoms with Gasteiger partial charge in [0.1, 0.15) is 0 Å². The second-order valence-electron chi connectivity index (χ2n) is 6.17. The Labute approximate surface area is 154 Å². The lowest BCUT2D eigenvalue weighted by molar-refractivity contribution is 0.0992. The number of benzene rings is 2. The van der Waals surface area contributed by atoms with Crippen molar-refractivity contribution < 1.29 is 9.59 Å². The second kappa shape index (κ2) is 10.2. The Bertz CT molecular complexity index is 724. The number of rotatable bonds is 9. The monoisotopic (exact) mass is 348 g/mol. The first-order valence-corrected chi connectivity index (χ1v) is 8.72. The Hall–Kier alpha value is -2.88. The summed E-state index contributed by atoms with van der Waals surface area (Å²) in [6, 6.07) is 18.4. The van der Waals surface area contributed by atoms with Gasteiger partial charge in [-0.3, -0.25) is 19.6 Å². The van der Waals surface area contributed by atoms with Crippen LogP contribution in [0.3, 0.4) is 0 Å². The Morgan fingerprint density at radius 2 is 1.00 bits per heavy atom. The van der Waals surface area contributed by atoms with Crippen molar-refractivity contribution in [1.82, 2.24) is 0 Å². The molecular weight excluding hydrogens is 324 g/mol. The van der Waals surface area contributed by atoms with Gasteiger partial charge in [-0.1, -0.05) is 60.7 Å². The molecule has 0 saturated heterocycles. The molecule has 2 aromatic rings. The zero-order valence-electron chi connectivity index (χ0n) is 15.3. The van der Waals surface area contributed by atoms with Crippen molar-refractivity contribution in [3.63, 3.8) is 0 Å². The fourth-order valence-corrected chi connectivity index (χ4v) is 2.51. The number of hydrogen-bond acceptors (Lipinski definition) is 4. The van der Waals surface area contributed by atoms with Gasteiger partial charge in [-0.05, 0) is 13.8 Å². The van der Waals surface area contributed by atoms with Gasteiger partial charge in [-0.25, -0.2) is 0 Å². The molecule has 0 spiro atoms. The van der Waals surface area contributed by atoms with Crippen LogP contribution in [0.2, 0.25) is 0 Å². The Morgan fingerprint density at radius 3 is 1.35 bits per heavy atom. The van der Waals surface area contributed by atoms with Gasteiger partial charge in [-0.2, -0.15) is 0 Å². The lowest BCUT2D eigenvalue weighted by atomic mass is 10.1. The van der Waals surface area contributed by atoms with Gasteiger partial charge in [0.15, 0.2) is 11.6 Å². The summed E-state index contributed by atoms with van der Waals surface area (Å²) in [7, 11) is 0. The highest BCUT2D eigenvalue weighted by Crippen LogP contribution is 2.05. The van der Waals surface area contributed by atoms with Crippen molar-refractivity contribution in [2.24, 2.45) is 9.98 Å². The average Bonchev–Trinajstić information content (AvgIpc) is 2.66. The van der Waals surface area contributed by atoms with Crippen LogP contribution in [0.25, 0.3) is 0 Å². The maximum absolute atomic E-state index is 12.1. The number of Topliss-reactive ketones (excluding diaryl/α,β-unsaturated/α-hetero) is 2. The van der Waals surface area contributed by atoms with E-state index in [2.05, 4.69) is 9.98 Å². The molecule has 26 heavy (non-hydrogen) atoms. The van der Waals surface area contributed by atoms with Crippen LogP contribution < -0.4 is 0 Å². The van der Waals surface area contributed by atoms with Crippen LogP contribution in [0.4, 0.5) is 0 Å². The van der Waals surface area contributed by atoms with Gasteiger partial charge in [0, 0.05) is 35.4 Å². The summed E-state index contributed by atoms with van der Waals surface area (Å²) in [5.41, 5.74) is 3.00. The van der Waals surface area contributed by atoms with Crippen LogP contribution in [0.1, 0.15) is 47.4 Å². The number of hydrogen-bond donors (Lipinski definition) is 0. The molecule has 0 atom stereocenters. The number of aliphatic imine (C=N–C) groups is 2. The molecule has 0 aliphatic carbocycles. The summed E-state index contributed by atoms with van der Waals surface area (Å²) in [4.78, 5) is 33.0. The summed E-state index contributed by atoms with van der Waals surface area (Å²) in [6.07, 6.45) is 0.637. The summed E-state index contributed by atoms with van der Waals surface area (Å²) in [5, 5.41) is 0. The van der Waals surface area contributed by atoms with Crippen LogP contribution >= 0.6 is 0 Å². The van der Waals surface area contributed by atoms with E-state index in [1.54, 1.807) is 0 Å². The molecule has 0 aliphatic heterocycles. The first-order chi connectivity index (χ1) is 12.6. The number of carbonyl (C=O) groups excluding carboxylic acids is 2. The van der Waals surface area contributed by atoms with Gasteiger partial charge < -0.3 is 0 Å². The molecule has 0 fully saturated rings. The van der Waals surface area contributed by atoms with E-state index in [-0.39, 0.29) is 11.6 Å². The van der Waals surface area contributed by atoms with Crippen LogP contribution in [0, 0.1) is 0 Å². The molecule has 0 radical (unpaired) electrons.